The van der Waals surface area contributed by atoms with Crippen LogP contribution >= 0.6 is 0 Å². The Morgan fingerprint density at radius 3 is 2.49 bits per heavy atom. The molecule has 178 valence electrons. The first-order valence-electron chi connectivity index (χ1n) is 11.6. The lowest BCUT2D eigenvalue weighted by molar-refractivity contribution is -0.0303. The van der Waals surface area contributed by atoms with Gasteiger partial charge in [0.1, 0.15) is 0 Å². The zero-order valence-electron chi connectivity index (χ0n) is 19.1. The van der Waals surface area contributed by atoms with Crippen LogP contribution in [0.15, 0.2) is 48.5 Å². The van der Waals surface area contributed by atoms with Crippen LogP contribution in [0.1, 0.15) is 33.6 Å². The maximum absolute atomic E-state index is 14.4. The third kappa shape index (κ3) is 3.61. The van der Waals surface area contributed by atoms with Gasteiger partial charge in [0.05, 0.1) is 30.4 Å². The number of halogens is 1. The van der Waals surface area contributed by atoms with Gasteiger partial charge < -0.3 is 25.1 Å². The van der Waals surface area contributed by atoms with Gasteiger partial charge >= 0.3 is 0 Å². The van der Waals surface area contributed by atoms with E-state index in [0.29, 0.717) is 40.9 Å². The zero-order chi connectivity index (χ0) is 24.3. The summed E-state index contributed by atoms with van der Waals surface area (Å²) in [7, 11) is 1.41. The highest BCUT2D eigenvalue weighted by Crippen LogP contribution is 2.35. The van der Waals surface area contributed by atoms with Crippen LogP contribution in [0.5, 0.6) is 5.75 Å². The summed E-state index contributed by atoms with van der Waals surface area (Å²) in [6.07, 6.45) is 2.22. The number of primary amides is 1. The van der Waals surface area contributed by atoms with Crippen molar-refractivity contribution in [3.63, 3.8) is 0 Å². The van der Waals surface area contributed by atoms with Crippen molar-refractivity contribution in [1.82, 2.24) is 9.88 Å². The highest BCUT2D eigenvalue weighted by Gasteiger charge is 2.36. The molecule has 3 heterocycles. The van der Waals surface area contributed by atoms with Crippen molar-refractivity contribution in [2.75, 3.05) is 20.2 Å². The van der Waals surface area contributed by atoms with Gasteiger partial charge in [0.25, 0.3) is 11.8 Å². The number of benzene rings is 3. The molecular formula is C27H24FN3O4. The SMILES string of the molecule is COc1ccc(-c2cc(C(N)=O)c3[nH]c4cc(C(=O)N5CC6CCC(C5)O6)ccc4c3c2)cc1F. The molecule has 6 rings (SSSR count). The number of carbonyl (C=O) groups is 2. The molecule has 35 heavy (non-hydrogen) atoms. The van der Waals surface area contributed by atoms with Crippen LogP contribution in [-0.4, -0.2) is 54.1 Å². The fraction of sp³-hybridized carbons (Fsp3) is 0.259. The van der Waals surface area contributed by atoms with Gasteiger partial charge in [0, 0.05) is 34.9 Å². The molecule has 2 aliphatic heterocycles. The predicted molar refractivity (Wildman–Crippen MR) is 130 cm³/mol. The first-order valence-corrected chi connectivity index (χ1v) is 11.6. The molecule has 3 N–H and O–H groups in total. The van der Waals surface area contributed by atoms with Gasteiger partial charge in [-0.05, 0) is 60.4 Å². The van der Waals surface area contributed by atoms with E-state index in [1.54, 1.807) is 24.3 Å². The number of aromatic nitrogens is 1. The van der Waals surface area contributed by atoms with Crippen LogP contribution in [0.3, 0.4) is 0 Å². The summed E-state index contributed by atoms with van der Waals surface area (Å²) < 4.78 is 25.2. The zero-order valence-corrected chi connectivity index (χ0v) is 19.1. The number of hydrogen-bond donors (Lipinski definition) is 2. The average molecular weight is 474 g/mol. The fourth-order valence-electron chi connectivity index (χ4n) is 5.31. The average Bonchev–Trinajstić information content (AvgIpc) is 3.40. The van der Waals surface area contributed by atoms with Gasteiger partial charge in [-0.1, -0.05) is 12.1 Å². The third-order valence-electron chi connectivity index (χ3n) is 7.04. The number of likely N-dealkylation sites (tertiary alicyclic amines) is 1. The highest BCUT2D eigenvalue weighted by atomic mass is 19.1. The van der Waals surface area contributed by atoms with Crippen molar-refractivity contribution in [3.8, 4) is 16.9 Å². The quantitative estimate of drug-likeness (QED) is 0.463. The van der Waals surface area contributed by atoms with Gasteiger partial charge in [0.15, 0.2) is 11.6 Å². The van der Waals surface area contributed by atoms with Gasteiger partial charge in [-0.2, -0.15) is 0 Å². The first-order chi connectivity index (χ1) is 16.9. The second kappa shape index (κ2) is 8.09. The molecule has 2 atom stereocenters. The van der Waals surface area contributed by atoms with Gasteiger partial charge in [-0.3, -0.25) is 9.59 Å². The van der Waals surface area contributed by atoms with Crippen molar-refractivity contribution in [3.05, 3.63) is 65.5 Å². The number of hydrogen-bond acceptors (Lipinski definition) is 4. The minimum absolute atomic E-state index is 0.0322. The Morgan fingerprint density at radius 2 is 1.80 bits per heavy atom. The largest absolute Gasteiger partial charge is 0.494 e. The summed E-state index contributed by atoms with van der Waals surface area (Å²) in [5.74, 6) is -0.986. The number of aromatic amines is 1. The van der Waals surface area contributed by atoms with E-state index in [2.05, 4.69) is 4.98 Å². The summed E-state index contributed by atoms with van der Waals surface area (Å²) in [5, 5.41) is 1.61. The van der Waals surface area contributed by atoms with Crippen LogP contribution in [0.25, 0.3) is 32.9 Å². The maximum Gasteiger partial charge on any atom is 0.254 e. The van der Waals surface area contributed by atoms with Crippen LogP contribution in [-0.2, 0) is 4.74 Å². The normalized spacial score (nSPS) is 19.4. The van der Waals surface area contributed by atoms with Crippen LogP contribution in [0.4, 0.5) is 4.39 Å². The third-order valence-corrected chi connectivity index (χ3v) is 7.04. The monoisotopic (exact) mass is 473 g/mol. The summed E-state index contributed by atoms with van der Waals surface area (Å²) in [6.45, 7) is 1.21. The number of nitrogens with one attached hydrogen (secondary N) is 1. The number of rotatable bonds is 4. The van der Waals surface area contributed by atoms with Crippen molar-refractivity contribution in [2.24, 2.45) is 5.73 Å². The second-order valence-corrected chi connectivity index (χ2v) is 9.21. The Kier molecular flexibility index (Phi) is 5.00. The molecule has 2 fully saturated rings. The predicted octanol–water partition coefficient (Wildman–Crippen LogP) is 4.24. The molecular weight excluding hydrogens is 449 g/mol. The molecule has 4 aromatic rings. The van der Waals surface area contributed by atoms with E-state index in [9.17, 15) is 14.0 Å². The van der Waals surface area contributed by atoms with Crippen molar-refractivity contribution >= 4 is 33.6 Å². The second-order valence-electron chi connectivity index (χ2n) is 9.21. The lowest BCUT2D eigenvalue weighted by Gasteiger charge is -2.32. The molecule has 3 aromatic carbocycles. The number of ether oxygens (including phenoxy) is 2. The van der Waals surface area contributed by atoms with E-state index in [1.165, 1.54) is 13.2 Å². The van der Waals surface area contributed by atoms with Crippen LogP contribution in [0, 0.1) is 5.82 Å². The molecule has 0 saturated carbocycles. The number of fused-ring (bicyclic) bond motifs is 5. The maximum atomic E-state index is 14.4. The molecule has 0 radical (unpaired) electrons. The molecule has 2 bridgehead atoms. The van der Waals surface area contributed by atoms with Crippen LogP contribution in [0.2, 0.25) is 0 Å². The van der Waals surface area contributed by atoms with E-state index in [0.717, 1.165) is 29.1 Å². The summed E-state index contributed by atoms with van der Waals surface area (Å²) >= 11 is 0. The Labute approximate surface area is 200 Å². The molecule has 2 amide bonds. The summed E-state index contributed by atoms with van der Waals surface area (Å²) in [6, 6.07) is 13.7. The topological polar surface area (TPSA) is 97.7 Å². The number of nitrogens with zero attached hydrogens (tertiary/aromatic N) is 1. The minimum atomic E-state index is -0.600. The molecule has 8 heteroatoms. The molecule has 2 unspecified atom stereocenters. The van der Waals surface area contributed by atoms with E-state index in [1.807, 2.05) is 23.1 Å². The van der Waals surface area contributed by atoms with Crippen molar-refractivity contribution in [1.29, 1.82) is 0 Å². The number of carbonyl (C=O) groups excluding carboxylic acids is 2. The Bertz CT molecular complexity index is 1500. The van der Waals surface area contributed by atoms with Crippen molar-refractivity contribution < 1.29 is 23.5 Å². The Balaban J connectivity index is 1.44. The van der Waals surface area contributed by atoms with Crippen molar-refractivity contribution in [2.45, 2.75) is 25.0 Å². The highest BCUT2D eigenvalue weighted by molar-refractivity contribution is 6.17. The molecule has 7 nitrogen and oxygen atoms in total. The number of methoxy groups -OCH3 is 1. The molecule has 2 aliphatic rings. The standard InChI is InChI=1S/C27H24FN3O4/c1-34-24-7-3-14(10-22(24)28)16-8-20-19-6-2-15(11-23(19)30-25(20)21(9-16)26(29)32)27(33)31-12-17-4-5-18(13-31)35-17/h2-3,6-11,17-18,30H,4-5,12-13H2,1H3,(H2,29,32). The van der Waals surface area contributed by atoms with E-state index >= 15 is 0 Å². The first kappa shape index (κ1) is 21.6. The lowest BCUT2D eigenvalue weighted by atomic mass is 9.98. The van der Waals surface area contributed by atoms with E-state index in [-0.39, 0.29) is 23.9 Å². The van der Waals surface area contributed by atoms with Gasteiger partial charge in [-0.25, -0.2) is 4.39 Å². The number of H-pyrrole nitrogens is 1. The fourth-order valence-corrected chi connectivity index (χ4v) is 5.31. The minimum Gasteiger partial charge on any atom is -0.494 e. The van der Waals surface area contributed by atoms with Crippen LogP contribution < -0.4 is 10.5 Å². The molecule has 2 saturated heterocycles. The summed E-state index contributed by atoms with van der Waals surface area (Å²) in [5.41, 5.74) is 9.12. The van der Waals surface area contributed by atoms with E-state index < -0.39 is 11.7 Å². The van der Waals surface area contributed by atoms with Gasteiger partial charge in [0.2, 0.25) is 0 Å². The summed E-state index contributed by atoms with van der Waals surface area (Å²) in [4.78, 5) is 30.7. The lowest BCUT2D eigenvalue weighted by Crippen LogP contribution is -2.45. The number of amides is 2. The van der Waals surface area contributed by atoms with Gasteiger partial charge in [-0.15, -0.1) is 0 Å². The Morgan fingerprint density at radius 1 is 1.03 bits per heavy atom. The van der Waals surface area contributed by atoms with E-state index in [4.69, 9.17) is 15.2 Å². The Hall–Kier alpha value is -3.91. The molecule has 0 spiro atoms. The molecule has 1 aromatic heterocycles. The molecule has 0 aliphatic carbocycles. The smallest absolute Gasteiger partial charge is 0.254 e. The number of morpholine rings is 1. The number of nitrogens with two attached hydrogens (primary N) is 1.